The summed E-state index contributed by atoms with van der Waals surface area (Å²) in [6.07, 6.45) is 4.48. The quantitative estimate of drug-likeness (QED) is 0.228. The van der Waals surface area contributed by atoms with E-state index in [1.165, 1.54) is 0 Å². The number of likely N-dealkylation sites (tertiary alicyclic amines) is 2. The van der Waals surface area contributed by atoms with Crippen molar-refractivity contribution in [2.24, 2.45) is 16.8 Å². The lowest BCUT2D eigenvalue weighted by molar-refractivity contribution is -0.149. The summed E-state index contributed by atoms with van der Waals surface area (Å²) in [5, 5.41) is 3.39. The van der Waals surface area contributed by atoms with E-state index in [-0.39, 0.29) is 42.0 Å². The van der Waals surface area contributed by atoms with E-state index in [0.717, 1.165) is 77.3 Å². The van der Waals surface area contributed by atoms with Gasteiger partial charge in [0.15, 0.2) is 5.96 Å². The zero-order valence-electron chi connectivity index (χ0n) is 20.5. The molecule has 2 aliphatic heterocycles. The largest absolute Gasteiger partial charge is 0.466 e. The number of amides is 1. The summed E-state index contributed by atoms with van der Waals surface area (Å²) >= 11 is 0. The van der Waals surface area contributed by atoms with Gasteiger partial charge in [-0.1, -0.05) is 0 Å². The summed E-state index contributed by atoms with van der Waals surface area (Å²) < 4.78 is 10.7. The zero-order valence-corrected chi connectivity index (χ0v) is 22.9. The molecule has 2 rings (SSSR count). The maximum Gasteiger partial charge on any atom is 0.410 e. The third kappa shape index (κ3) is 9.70. The van der Waals surface area contributed by atoms with E-state index in [1.54, 1.807) is 0 Å². The minimum Gasteiger partial charge on any atom is -0.466 e. The molecule has 0 aromatic heterocycles. The van der Waals surface area contributed by atoms with Crippen LogP contribution in [0.15, 0.2) is 4.99 Å². The van der Waals surface area contributed by atoms with Crippen LogP contribution >= 0.6 is 24.0 Å². The number of nitrogens with one attached hydrogen (secondary N) is 1. The highest BCUT2D eigenvalue weighted by molar-refractivity contribution is 14.0. The van der Waals surface area contributed by atoms with Gasteiger partial charge in [-0.15, -0.1) is 24.0 Å². The van der Waals surface area contributed by atoms with E-state index in [1.807, 2.05) is 32.6 Å². The van der Waals surface area contributed by atoms with Gasteiger partial charge in [0.2, 0.25) is 0 Å². The lowest BCUT2D eigenvalue weighted by Crippen LogP contribution is -2.47. The number of ether oxygens (including phenoxy) is 2. The molecule has 32 heavy (non-hydrogen) atoms. The van der Waals surface area contributed by atoms with E-state index in [4.69, 9.17) is 14.5 Å². The van der Waals surface area contributed by atoms with Crippen molar-refractivity contribution in [3.8, 4) is 0 Å². The second-order valence-electron chi connectivity index (χ2n) is 9.47. The number of esters is 1. The van der Waals surface area contributed by atoms with Crippen LogP contribution in [-0.4, -0.2) is 79.3 Å². The molecule has 0 saturated carbocycles. The fourth-order valence-electron chi connectivity index (χ4n) is 4.16. The molecule has 2 saturated heterocycles. The summed E-state index contributed by atoms with van der Waals surface area (Å²) in [5.41, 5.74) is -0.463. The minimum absolute atomic E-state index is 0. The Morgan fingerprint density at radius 1 is 1.06 bits per heavy atom. The number of aliphatic imine (C=N–C) groups is 1. The topological polar surface area (TPSA) is 83.5 Å². The van der Waals surface area contributed by atoms with Crippen LogP contribution in [0.4, 0.5) is 4.79 Å². The molecule has 9 heteroatoms. The van der Waals surface area contributed by atoms with E-state index < -0.39 is 5.60 Å². The first-order valence-electron chi connectivity index (χ1n) is 11.9. The number of guanidine groups is 1. The Kier molecular flexibility index (Phi) is 12.7. The molecular weight excluding hydrogens is 523 g/mol. The summed E-state index contributed by atoms with van der Waals surface area (Å²) in [4.78, 5) is 33.3. The Balaban J connectivity index is 0.00000512. The molecule has 8 nitrogen and oxygen atoms in total. The van der Waals surface area contributed by atoms with Gasteiger partial charge >= 0.3 is 12.1 Å². The molecule has 0 radical (unpaired) electrons. The van der Waals surface area contributed by atoms with Crippen LogP contribution in [0.5, 0.6) is 0 Å². The summed E-state index contributed by atoms with van der Waals surface area (Å²) in [7, 11) is 0. The summed E-state index contributed by atoms with van der Waals surface area (Å²) in [6.45, 7) is 14.7. The van der Waals surface area contributed by atoms with Gasteiger partial charge in [0, 0.05) is 39.3 Å². The predicted molar refractivity (Wildman–Crippen MR) is 137 cm³/mol. The molecule has 2 fully saturated rings. The van der Waals surface area contributed by atoms with Gasteiger partial charge < -0.3 is 24.6 Å². The van der Waals surface area contributed by atoms with Crippen molar-refractivity contribution in [1.82, 2.24) is 15.1 Å². The van der Waals surface area contributed by atoms with E-state index in [0.29, 0.717) is 12.5 Å². The smallest absolute Gasteiger partial charge is 0.410 e. The Hall–Kier alpha value is -1.26. The van der Waals surface area contributed by atoms with E-state index in [9.17, 15) is 9.59 Å². The van der Waals surface area contributed by atoms with Gasteiger partial charge in [0.05, 0.1) is 12.5 Å². The molecule has 1 unspecified atom stereocenters. The second-order valence-corrected chi connectivity index (χ2v) is 9.47. The number of hydrogen-bond acceptors (Lipinski definition) is 5. The number of piperidine rings is 2. The van der Waals surface area contributed by atoms with Crippen molar-refractivity contribution < 1.29 is 19.1 Å². The highest BCUT2D eigenvalue weighted by Crippen LogP contribution is 2.22. The fraction of sp³-hybridized carbons (Fsp3) is 0.870. The number of nitrogens with zero attached hydrogens (tertiary/aromatic N) is 3. The normalized spacial score (nSPS) is 20.4. The lowest BCUT2D eigenvalue weighted by Gasteiger charge is -2.34. The molecule has 0 aromatic carbocycles. The van der Waals surface area contributed by atoms with Crippen molar-refractivity contribution in [1.29, 1.82) is 0 Å². The van der Waals surface area contributed by atoms with Gasteiger partial charge in [-0.3, -0.25) is 9.79 Å². The molecular formula is C23H43IN4O4. The maximum absolute atomic E-state index is 12.4. The molecule has 1 amide bonds. The molecule has 1 N–H and O–H groups in total. The molecule has 0 spiro atoms. The van der Waals surface area contributed by atoms with Crippen LogP contribution in [0, 0.1) is 11.8 Å². The van der Waals surface area contributed by atoms with Gasteiger partial charge in [0.25, 0.3) is 0 Å². The van der Waals surface area contributed by atoms with Crippen molar-refractivity contribution in [3.63, 3.8) is 0 Å². The van der Waals surface area contributed by atoms with E-state index >= 15 is 0 Å². The summed E-state index contributed by atoms with van der Waals surface area (Å²) in [5.74, 6) is 1.29. The fourth-order valence-corrected chi connectivity index (χ4v) is 4.16. The number of rotatable bonds is 6. The highest BCUT2D eigenvalue weighted by atomic mass is 127. The van der Waals surface area contributed by atoms with Gasteiger partial charge in [-0.2, -0.15) is 0 Å². The standard InChI is InChI=1S/C23H42N4O4.HI/c1-6-24-21(26-15-11-19(12-16-26)20(28)30-7-2)25-13-10-18-9-8-14-27(17-18)22(29)31-23(3,4)5;/h18-19H,6-17H2,1-5H3,(H,24,25);1H. The molecule has 2 heterocycles. The number of carbonyl (C=O) groups is 2. The minimum atomic E-state index is -0.463. The Morgan fingerprint density at radius 2 is 1.75 bits per heavy atom. The molecule has 0 aliphatic carbocycles. The van der Waals surface area contributed by atoms with Crippen molar-refractivity contribution in [2.45, 2.75) is 72.3 Å². The number of hydrogen-bond donors (Lipinski definition) is 1. The Morgan fingerprint density at radius 3 is 2.34 bits per heavy atom. The van der Waals surface area contributed by atoms with Crippen molar-refractivity contribution >= 4 is 42.0 Å². The van der Waals surface area contributed by atoms with Crippen LogP contribution in [0.25, 0.3) is 0 Å². The van der Waals surface area contributed by atoms with Gasteiger partial charge in [-0.25, -0.2) is 4.79 Å². The third-order valence-corrected chi connectivity index (χ3v) is 5.72. The molecule has 186 valence electrons. The first-order valence-corrected chi connectivity index (χ1v) is 11.9. The Bertz CT molecular complexity index is 616. The average molecular weight is 567 g/mol. The maximum atomic E-state index is 12.4. The van der Waals surface area contributed by atoms with Crippen LogP contribution in [-0.2, 0) is 14.3 Å². The van der Waals surface area contributed by atoms with Crippen LogP contribution in [0.1, 0.15) is 66.7 Å². The van der Waals surface area contributed by atoms with Crippen LogP contribution in [0.3, 0.4) is 0 Å². The van der Waals surface area contributed by atoms with Crippen LogP contribution in [0.2, 0.25) is 0 Å². The molecule has 1 atom stereocenters. The van der Waals surface area contributed by atoms with E-state index in [2.05, 4.69) is 17.1 Å². The van der Waals surface area contributed by atoms with Crippen LogP contribution < -0.4 is 5.32 Å². The van der Waals surface area contributed by atoms with Gasteiger partial charge in [-0.05, 0) is 72.6 Å². The first-order chi connectivity index (χ1) is 14.7. The highest BCUT2D eigenvalue weighted by Gasteiger charge is 2.29. The zero-order chi connectivity index (χ0) is 22.9. The Labute approximate surface area is 210 Å². The molecule has 0 bridgehead atoms. The summed E-state index contributed by atoms with van der Waals surface area (Å²) in [6, 6.07) is 0. The SMILES string of the molecule is CCNC(=NCCC1CCCN(C(=O)OC(C)(C)C)C1)N1CCC(C(=O)OCC)CC1.I. The third-order valence-electron chi connectivity index (χ3n) is 5.72. The van der Waals surface area contributed by atoms with Gasteiger partial charge in [0.1, 0.15) is 5.60 Å². The molecule has 2 aliphatic rings. The molecule has 0 aromatic rings. The second kappa shape index (κ2) is 14.1. The average Bonchev–Trinajstić information content (AvgIpc) is 2.72. The predicted octanol–water partition coefficient (Wildman–Crippen LogP) is 3.88. The number of halogens is 1. The van der Waals surface area contributed by atoms with Crippen molar-refractivity contribution in [2.75, 3.05) is 45.9 Å². The lowest BCUT2D eigenvalue weighted by atomic mass is 9.95. The first kappa shape index (κ1) is 28.8. The number of carbonyl (C=O) groups excluding carboxylic acids is 2. The van der Waals surface area contributed by atoms with Crippen molar-refractivity contribution in [3.05, 3.63) is 0 Å². The monoisotopic (exact) mass is 566 g/mol.